The second-order valence-corrected chi connectivity index (χ2v) is 8.63. The monoisotopic (exact) mass is 453 g/mol. The molecule has 1 N–H and O–H groups in total. The van der Waals surface area contributed by atoms with Gasteiger partial charge in [0.25, 0.3) is 0 Å². The summed E-state index contributed by atoms with van der Waals surface area (Å²) < 4.78 is 5.57. The molecule has 28 heavy (non-hydrogen) atoms. The lowest BCUT2D eigenvalue weighted by Gasteiger charge is -2.07. The van der Waals surface area contributed by atoms with Crippen molar-refractivity contribution in [2.24, 2.45) is 0 Å². The molecule has 1 amide bonds. The Hall–Kier alpha value is -1.80. The minimum atomic E-state index is -0.121. The number of halogens is 2. The van der Waals surface area contributed by atoms with E-state index in [9.17, 15) is 4.79 Å². The number of amides is 1. The third-order valence-corrected chi connectivity index (χ3v) is 6.09. The van der Waals surface area contributed by atoms with Crippen molar-refractivity contribution in [2.45, 2.75) is 23.5 Å². The van der Waals surface area contributed by atoms with Crippen LogP contribution in [0.2, 0.25) is 10.0 Å². The van der Waals surface area contributed by atoms with E-state index in [1.165, 1.54) is 16.2 Å². The molecule has 0 saturated carbocycles. The lowest BCUT2D eigenvalue weighted by molar-refractivity contribution is -0.116. The van der Waals surface area contributed by atoms with Gasteiger partial charge in [0.1, 0.15) is 10.8 Å². The summed E-state index contributed by atoms with van der Waals surface area (Å²) in [6.45, 7) is 0.379. The quantitative estimate of drug-likeness (QED) is 0.321. The zero-order chi connectivity index (χ0) is 19.8. The van der Waals surface area contributed by atoms with Gasteiger partial charge in [0.15, 0.2) is 0 Å². The first-order chi connectivity index (χ1) is 13.6. The molecule has 0 radical (unpaired) electrons. The van der Waals surface area contributed by atoms with E-state index in [1.54, 1.807) is 30.0 Å². The van der Waals surface area contributed by atoms with Crippen LogP contribution >= 0.6 is 46.3 Å². The molecule has 9 heteroatoms. The van der Waals surface area contributed by atoms with Crippen molar-refractivity contribution in [3.8, 4) is 5.75 Å². The average Bonchev–Trinajstić information content (AvgIpc) is 3.13. The maximum atomic E-state index is 12.0. The van der Waals surface area contributed by atoms with Crippen LogP contribution in [0.1, 0.15) is 17.8 Å². The third kappa shape index (κ3) is 6.67. The molecule has 0 spiro atoms. The van der Waals surface area contributed by atoms with Crippen molar-refractivity contribution in [3.63, 3.8) is 0 Å². The smallest absolute Gasteiger partial charge is 0.226 e. The molecule has 0 atom stereocenters. The molecular weight excluding hydrogens is 437 g/mol. The molecule has 0 saturated heterocycles. The van der Waals surface area contributed by atoms with Crippen LogP contribution in [0.25, 0.3) is 0 Å². The van der Waals surface area contributed by atoms with Gasteiger partial charge in [-0.1, -0.05) is 52.7 Å². The average molecular weight is 454 g/mol. The number of anilines is 1. The predicted octanol–water partition coefficient (Wildman–Crippen LogP) is 5.93. The number of rotatable bonds is 9. The van der Waals surface area contributed by atoms with Gasteiger partial charge in [-0.3, -0.25) is 4.79 Å². The Bertz CT molecular complexity index is 923. The van der Waals surface area contributed by atoms with Crippen molar-refractivity contribution >= 4 is 57.3 Å². The van der Waals surface area contributed by atoms with Crippen LogP contribution in [-0.4, -0.2) is 22.7 Å². The highest BCUT2D eigenvalue weighted by Crippen LogP contribution is 2.28. The van der Waals surface area contributed by atoms with Gasteiger partial charge in [0, 0.05) is 16.3 Å². The molecule has 5 nitrogen and oxygen atoms in total. The summed E-state index contributed by atoms with van der Waals surface area (Å²) in [7, 11) is 0. The number of hydrogen-bond donors (Lipinski definition) is 1. The van der Waals surface area contributed by atoms with E-state index in [1.807, 2.05) is 30.3 Å². The van der Waals surface area contributed by atoms with Gasteiger partial charge in [-0.2, -0.15) is 0 Å². The van der Waals surface area contributed by atoms with E-state index in [4.69, 9.17) is 27.9 Å². The number of nitrogens with one attached hydrogen (secondary N) is 1. The Morgan fingerprint density at radius 1 is 1.14 bits per heavy atom. The third-order valence-electron chi connectivity index (χ3n) is 3.52. The number of ether oxygens (including phenoxy) is 1. The summed E-state index contributed by atoms with van der Waals surface area (Å²) in [5, 5.41) is 13.3. The number of hydrogen-bond acceptors (Lipinski definition) is 6. The summed E-state index contributed by atoms with van der Waals surface area (Å²) >= 11 is 15.0. The normalized spacial score (nSPS) is 10.6. The summed E-state index contributed by atoms with van der Waals surface area (Å²) in [5.41, 5.74) is 0. The maximum Gasteiger partial charge on any atom is 0.226 e. The van der Waals surface area contributed by atoms with E-state index in [2.05, 4.69) is 15.5 Å². The molecule has 3 aromatic rings. The Balaban J connectivity index is 1.37. The van der Waals surface area contributed by atoms with Gasteiger partial charge in [-0.05, 0) is 36.8 Å². The van der Waals surface area contributed by atoms with Crippen LogP contribution in [0.3, 0.4) is 0 Å². The number of aromatic nitrogens is 2. The first kappa shape index (κ1) is 20.9. The van der Waals surface area contributed by atoms with Gasteiger partial charge >= 0.3 is 0 Å². The number of nitrogens with zero attached hydrogens (tertiary/aromatic N) is 2. The minimum Gasteiger partial charge on any atom is -0.492 e. The standard InChI is InChI=1S/C19H17Cl2N3O2S2/c20-13-8-9-16(15(21)11-13)26-10-4-7-17(25)22-19-24-23-18(28-19)12-27-14-5-2-1-3-6-14/h1-3,5-6,8-9,11H,4,7,10,12H2,(H,22,24,25). The molecule has 0 aliphatic rings. The molecule has 3 rings (SSSR count). The highest BCUT2D eigenvalue weighted by Gasteiger charge is 2.09. The van der Waals surface area contributed by atoms with Gasteiger partial charge in [0.05, 0.1) is 17.4 Å². The summed E-state index contributed by atoms with van der Waals surface area (Å²) in [6, 6.07) is 15.1. The van der Waals surface area contributed by atoms with Crippen molar-refractivity contribution in [2.75, 3.05) is 11.9 Å². The first-order valence-corrected chi connectivity index (χ1v) is 11.0. The number of carbonyl (C=O) groups is 1. The summed E-state index contributed by atoms with van der Waals surface area (Å²) in [4.78, 5) is 13.2. The van der Waals surface area contributed by atoms with Gasteiger partial charge in [0.2, 0.25) is 11.0 Å². The van der Waals surface area contributed by atoms with Crippen LogP contribution < -0.4 is 10.1 Å². The fourth-order valence-corrected chi connectivity index (χ4v) is 4.34. The van der Waals surface area contributed by atoms with Crippen LogP contribution in [0.4, 0.5) is 5.13 Å². The van der Waals surface area contributed by atoms with Gasteiger partial charge < -0.3 is 10.1 Å². The van der Waals surface area contributed by atoms with Crippen LogP contribution in [0, 0.1) is 0 Å². The van der Waals surface area contributed by atoms with Crippen molar-refractivity contribution in [3.05, 3.63) is 63.6 Å². The summed E-state index contributed by atoms with van der Waals surface area (Å²) in [6.07, 6.45) is 0.874. The number of benzene rings is 2. The molecule has 146 valence electrons. The molecule has 2 aromatic carbocycles. The van der Waals surface area contributed by atoms with Crippen molar-refractivity contribution in [1.82, 2.24) is 10.2 Å². The van der Waals surface area contributed by atoms with E-state index < -0.39 is 0 Å². The first-order valence-electron chi connectivity index (χ1n) is 8.48. The fraction of sp³-hybridized carbons (Fsp3) is 0.211. The molecular formula is C19H17Cl2N3O2S2. The molecule has 0 fully saturated rings. The number of thioether (sulfide) groups is 1. The van der Waals surface area contributed by atoms with E-state index >= 15 is 0 Å². The van der Waals surface area contributed by atoms with Crippen LogP contribution in [0.5, 0.6) is 5.75 Å². The van der Waals surface area contributed by atoms with E-state index in [-0.39, 0.29) is 5.91 Å². The van der Waals surface area contributed by atoms with Gasteiger partial charge in [-0.25, -0.2) is 0 Å². The van der Waals surface area contributed by atoms with Gasteiger partial charge in [-0.15, -0.1) is 22.0 Å². The summed E-state index contributed by atoms with van der Waals surface area (Å²) in [5.74, 6) is 1.15. The van der Waals surface area contributed by atoms with Crippen LogP contribution in [0.15, 0.2) is 53.4 Å². The Morgan fingerprint density at radius 3 is 2.75 bits per heavy atom. The van der Waals surface area contributed by atoms with E-state index in [0.717, 1.165) is 5.01 Å². The minimum absolute atomic E-state index is 0.121. The maximum absolute atomic E-state index is 12.0. The predicted molar refractivity (Wildman–Crippen MR) is 116 cm³/mol. The number of carbonyl (C=O) groups excluding carboxylic acids is 1. The Kier molecular flexibility index (Phi) is 7.97. The largest absolute Gasteiger partial charge is 0.492 e. The molecule has 1 heterocycles. The van der Waals surface area contributed by atoms with Crippen molar-refractivity contribution < 1.29 is 9.53 Å². The van der Waals surface area contributed by atoms with Crippen molar-refractivity contribution in [1.29, 1.82) is 0 Å². The van der Waals surface area contributed by atoms with Crippen LogP contribution in [-0.2, 0) is 10.5 Å². The molecule has 0 aliphatic heterocycles. The zero-order valence-electron chi connectivity index (χ0n) is 14.7. The zero-order valence-corrected chi connectivity index (χ0v) is 17.9. The topological polar surface area (TPSA) is 64.1 Å². The molecule has 0 aliphatic carbocycles. The Morgan fingerprint density at radius 2 is 1.96 bits per heavy atom. The highest BCUT2D eigenvalue weighted by molar-refractivity contribution is 7.98. The lowest BCUT2D eigenvalue weighted by atomic mass is 10.3. The SMILES string of the molecule is O=C(CCCOc1ccc(Cl)cc1Cl)Nc1nnc(CSc2ccccc2)s1. The molecule has 0 unspecified atom stereocenters. The second kappa shape index (κ2) is 10.7. The molecule has 1 aromatic heterocycles. The lowest BCUT2D eigenvalue weighted by Crippen LogP contribution is -2.12. The fourth-order valence-electron chi connectivity index (χ4n) is 2.21. The Labute approximate surface area is 181 Å². The second-order valence-electron chi connectivity index (χ2n) is 5.68. The van der Waals surface area contributed by atoms with E-state index in [0.29, 0.717) is 46.1 Å². The highest BCUT2D eigenvalue weighted by atomic mass is 35.5. The molecule has 0 bridgehead atoms.